The minimum atomic E-state index is -1.15. The quantitative estimate of drug-likeness (QED) is 0.694. The summed E-state index contributed by atoms with van der Waals surface area (Å²) in [7, 11) is -1.15. The van der Waals surface area contributed by atoms with Gasteiger partial charge in [-0.3, -0.25) is 0 Å². The third-order valence-corrected chi connectivity index (χ3v) is 3.76. The fourth-order valence-electron chi connectivity index (χ4n) is 1.32. The average Bonchev–Trinajstić information content (AvgIpc) is 2.23. The van der Waals surface area contributed by atoms with Crippen molar-refractivity contribution in [1.82, 2.24) is 0 Å². The summed E-state index contributed by atoms with van der Waals surface area (Å²) in [4.78, 5) is 0. The lowest BCUT2D eigenvalue weighted by Crippen LogP contribution is -2.16. The zero-order valence-corrected chi connectivity index (χ0v) is 10.6. The fraction of sp³-hybridized carbons (Fsp3) is 0.545. The molecule has 0 radical (unpaired) electrons. The molecule has 0 aliphatic carbocycles. The van der Waals surface area contributed by atoms with Crippen molar-refractivity contribution < 1.29 is 13.9 Å². The molecule has 3 nitrogen and oxygen atoms in total. The molecule has 0 bridgehead atoms. The van der Waals surface area contributed by atoms with Crippen LogP contribution in [0, 0.1) is 0 Å². The Labute approximate surface area is 92.6 Å². The fourth-order valence-corrected chi connectivity index (χ4v) is 2.97. The third-order valence-electron chi connectivity index (χ3n) is 1.83. The summed E-state index contributed by atoms with van der Waals surface area (Å²) >= 11 is 0. The van der Waals surface area contributed by atoms with Crippen molar-refractivity contribution in [3.8, 4) is 11.1 Å². The molecule has 84 valence electrons. The highest BCUT2D eigenvalue weighted by Crippen LogP contribution is 2.25. The molecule has 0 atom stereocenters. The van der Waals surface area contributed by atoms with E-state index in [1.807, 2.05) is 32.9 Å². The van der Waals surface area contributed by atoms with Gasteiger partial charge in [0, 0.05) is 0 Å². The number of ether oxygens (including phenoxy) is 2. The minimum absolute atomic E-state index is 0.648. The normalized spacial score (nSPS) is 9.80. The second-order valence-electron chi connectivity index (χ2n) is 2.88. The molecule has 1 rings (SSSR count). The van der Waals surface area contributed by atoms with Crippen LogP contribution >= 0.6 is 0 Å². The van der Waals surface area contributed by atoms with Gasteiger partial charge in [-0.25, -0.2) is 0 Å². The van der Waals surface area contributed by atoms with Gasteiger partial charge in [0.2, 0.25) is 0 Å². The monoisotopic (exact) mass is 226 g/mol. The minimum Gasteiger partial charge on any atom is -0.546 e. The summed E-state index contributed by atoms with van der Waals surface area (Å²) in [5.74, 6) is 0.823. The number of hydrogen-bond donors (Lipinski definition) is 0. The lowest BCUT2D eigenvalue weighted by Gasteiger charge is -2.14. The Balaban J connectivity index is 2.97. The van der Waals surface area contributed by atoms with Gasteiger partial charge in [0.25, 0.3) is 0 Å². The standard InChI is InChI=1S/C11H18O3Si/c1-4-12-10-8-7-9-15(14-6-3)11(10)13-5-2/h7-9H,4-6H2,1-3H3. The first-order chi connectivity index (χ1) is 7.33. The maximum Gasteiger partial charge on any atom is 0.312 e. The van der Waals surface area contributed by atoms with Crippen LogP contribution in [0.3, 0.4) is 0 Å². The van der Waals surface area contributed by atoms with E-state index in [1.54, 1.807) is 0 Å². The van der Waals surface area contributed by atoms with E-state index in [-0.39, 0.29) is 0 Å². The summed E-state index contributed by atoms with van der Waals surface area (Å²) in [6.45, 7) is 7.94. The van der Waals surface area contributed by atoms with Crippen molar-refractivity contribution in [2.24, 2.45) is 0 Å². The molecule has 0 fully saturated rings. The van der Waals surface area contributed by atoms with Crippen molar-refractivity contribution in [2.75, 3.05) is 19.8 Å². The molecule has 0 aromatic carbocycles. The van der Waals surface area contributed by atoms with Crippen LogP contribution in [0.25, 0.3) is 0 Å². The molecular weight excluding hydrogens is 208 g/mol. The number of hydrogen-bond acceptors (Lipinski definition) is 3. The first-order valence-electron chi connectivity index (χ1n) is 5.34. The van der Waals surface area contributed by atoms with Crippen LogP contribution in [0.5, 0.6) is 11.1 Å². The summed E-state index contributed by atoms with van der Waals surface area (Å²) in [5.41, 5.74) is 2.07. The van der Waals surface area contributed by atoms with Crippen molar-refractivity contribution in [2.45, 2.75) is 20.8 Å². The van der Waals surface area contributed by atoms with Gasteiger partial charge < -0.3 is 13.9 Å². The van der Waals surface area contributed by atoms with Crippen LogP contribution in [0.2, 0.25) is 0 Å². The smallest absolute Gasteiger partial charge is 0.312 e. The molecular formula is C11H18O3Si. The number of rotatable bonds is 6. The van der Waals surface area contributed by atoms with Gasteiger partial charge in [0.1, 0.15) is 0 Å². The highest BCUT2D eigenvalue weighted by atomic mass is 28.3. The second-order valence-corrected chi connectivity index (χ2v) is 4.69. The Morgan fingerprint density at radius 3 is 2.40 bits per heavy atom. The Morgan fingerprint density at radius 1 is 1.07 bits per heavy atom. The van der Waals surface area contributed by atoms with Crippen LogP contribution < -0.4 is 13.9 Å². The largest absolute Gasteiger partial charge is 0.546 e. The van der Waals surface area contributed by atoms with Crippen LogP contribution in [0.1, 0.15) is 20.8 Å². The maximum absolute atomic E-state index is 5.66. The van der Waals surface area contributed by atoms with Gasteiger partial charge in [-0.15, -0.1) is 0 Å². The molecule has 1 aromatic heterocycles. The van der Waals surface area contributed by atoms with Crippen molar-refractivity contribution in [1.29, 1.82) is 0 Å². The van der Waals surface area contributed by atoms with E-state index in [1.165, 1.54) is 0 Å². The van der Waals surface area contributed by atoms with E-state index in [0.29, 0.717) is 19.8 Å². The Morgan fingerprint density at radius 2 is 1.80 bits per heavy atom. The molecule has 0 saturated carbocycles. The summed E-state index contributed by atoms with van der Waals surface area (Å²) in [6.07, 6.45) is 0. The molecule has 0 N–H and O–H groups in total. The SMILES string of the molecule is CCOc1ccc[si](OCC)c1OCC. The Bertz CT molecular complexity index is 278. The molecule has 0 spiro atoms. The second kappa shape index (κ2) is 6.45. The van der Waals surface area contributed by atoms with Gasteiger partial charge in [-0.05, 0) is 32.5 Å². The molecule has 0 aliphatic heterocycles. The van der Waals surface area contributed by atoms with Gasteiger partial charge in [0.05, 0.1) is 19.8 Å². The van der Waals surface area contributed by atoms with E-state index in [0.717, 1.165) is 11.1 Å². The van der Waals surface area contributed by atoms with Gasteiger partial charge >= 0.3 is 8.64 Å². The molecule has 0 amide bonds. The lowest BCUT2D eigenvalue weighted by atomic mass is 10.5. The predicted molar refractivity (Wildman–Crippen MR) is 61.9 cm³/mol. The molecule has 15 heavy (non-hydrogen) atoms. The highest BCUT2D eigenvalue weighted by Gasteiger charge is 2.12. The van der Waals surface area contributed by atoms with E-state index in [9.17, 15) is 0 Å². The van der Waals surface area contributed by atoms with E-state index in [2.05, 4.69) is 5.68 Å². The van der Waals surface area contributed by atoms with E-state index < -0.39 is 8.64 Å². The molecule has 1 heterocycles. The van der Waals surface area contributed by atoms with Crippen LogP contribution in [-0.2, 0) is 0 Å². The van der Waals surface area contributed by atoms with Crippen molar-refractivity contribution >= 4 is 8.64 Å². The highest BCUT2D eigenvalue weighted by molar-refractivity contribution is 6.50. The molecule has 0 unspecified atom stereocenters. The predicted octanol–water partition coefficient (Wildman–Crippen LogP) is 1.96. The first kappa shape index (κ1) is 12.0. The summed E-state index contributed by atoms with van der Waals surface area (Å²) < 4.78 is 16.8. The Kier molecular flexibility index (Phi) is 5.18. The first-order valence-corrected chi connectivity index (χ1v) is 6.83. The van der Waals surface area contributed by atoms with Gasteiger partial charge in [0.15, 0.2) is 11.1 Å². The molecule has 4 heteroatoms. The molecule has 0 saturated heterocycles. The van der Waals surface area contributed by atoms with Crippen molar-refractivity contribution in [3.63, 3.8) is 0 Å². The average molecular weight is 226 g/mol. The lowest BCUT2D eigenvalue weighted by molar-refractivity contribution is 0.287. The zero-order valence-electron chi connectivity index (χ0n) is 9.58. The van der Waals surface area contributed by atoms with E-state index in [4.69, 9.17) is 13.9 Å². The van der Waals surface area contributed by atoms with Crippen LogP contribution in [-0.4, -0.2) is 28.5 Å². The Hall–Kier alpha value is -1.03. The summed E-state index contributed by atoms with van der Waals surface area (Å²) in [6, 6.07) is 3.92. The van der Waals surface area contributed by atoms with Gasteiger partial charge in [-0.2, -0.15) is 0 Å². The zero-order chi connectivity index (χ0) is 11.1. The summed E-state index contributed by atoms with van der Waals surface area (Å²) in [5, 5.41) is 0.883. The maximum atomic E-state index is 5.66. The van der Waals surface area contributed by atoms with Crippen LogP contribution in [0.4, 0.5) is 0 Å². The topological polar surface area (TPSA) is 27.7 Å². The van der Waals surface area contributed by atoms with Gasteiger partial charge in [-0.1, -0.05) is 6.07 Å². The van der Waals surface area contributed by atoms with Crippen LogP contribution in [0.15, 0.2) is 17.8 Å². The molecule has 1 aromatic rings. The third kappa shape index (κ3) is 3.23. The van der Waals surface area contributed by atoms with Crippen molar-refractivity contribution in [3.05, 3.63) is 17.8 Å². The molecule has 0 aliphatic rings. The van der Waals surface area contributed by atoms with E-state index >= 15 is 0 Å².